The summed E-state index contributed by atoms with van der Waals surface area (Å²) in [5.74, 6) is -0.00190. The third kappa shape index (κ3) is 1.27. The predicted molar refractivity (Wildman–Crippen MR) is 55.4 cm³/mol. The summed E-state index contributed by atoms with van der Waals surface area (Å²) < 4.78 is 5.36. The van der Waals surface area contributed by atoms with Gasteiger partial charge in [-0.25, -0.2) is 0 Å². The number of benzene rings is 1. The molecule has 78 valence electrons. The Balaban J connectivity index is 2.04. The molecule has 1 aliphatic carbocycles. The van der Waals surface area contributed by atoms with Gasteiger partial charge in [-0.1, -0.05) is 24.3 Å². The second-order valence-electron chi connectivity index (χ2n) is 4.28. The van der Waals surface area contributed by atoms with E-state index in [1.807, 2.05) is 12.1 Å². The molecule has 0 saturated carbocycles. The van der Waals surface area contributed by atoms with Crippen molar-refractivity contribution < 1.29 is 9.53 Å². The molecule has 1 heterocycles. The molecule has 1 unspecified atom stereocenters. The van der Waals surface area contributed by atoms with Gasteiger partial charge in [-0.05, 0) is 24.0 Å². The van der Waals surface area contributed by atoms with Gasteiger partial charge in [-0.3, -0.25) is 4.79 Å². The maximum absolute atomic E-state index is 11.4. The number of carbonyl (C=O) groups excluding carboxylic acids is 1. The number of hydrogen-bond acceptors (Lipinski definition) is 2. The third-order valence-corrected chi connectivity index (χ3v) is 3.31. The fraction of sp³-hybridized carbons (Fsp3) is 0.417. The predicted octanol–water partition coefficient (Wildman–Crippen LogP) is 0.975. The Hall–Kier alpha value is -1.35. The molecule has 1 saturated heterocycles. The number of rotatable bonds is 0. The Morgan fingerprint density at radius 3 is 3.07 bits per heavy atom. The molecule has 1 N–H and O–H groups in total. The highest BCUT2D eigenvalue weighted by Gasteiger charge is 2.42. The van der Waals surface area contributed by atoms with Crippen LogP contribution in [0.1, 0.15) is 17.5 Å². The second kappa shape index (κ2) is 3.07. The molecule has 0 bridgehead atoms. The minimum absolute atomic E-state index is 0.00190. The smallest absolute Gasteiger partial charge is 0.246 e. The molecule has 3 rings (SSSR count). The van der Waals surface area contributed by atoms with Gasteiger partial charge in [0.25, 0.3) is 0 Å². The second-order valence-corrected chi connectivity index (χ2v) is 4.28. The summed E-state index contributed by atoms with van der Waals surface area (Å²) >= 11 is 0. The minimum Gasteiger partial charge on any atom is -0.369 e. The van der Waals surface area contributed by atoms with Gasteiger partial charge in [0.1, 0.15) is 6.61 Å². The molecule has 1 fully saturated rings. The summed E-state index contributed by atoms with van der Waals surface area (Å²) in [6, 6.07) is 8.29. The molecule has 1 amide bonds. The molecular formula is C12H13NO2. The zero-order chi connectivity index (χ0) is 10.3. The first-order valence-electron chi connectivity index (χ1n) is 5.27. The van der Waals surface area contributed by atoms with Crippen LogP contribution < -0.4 is 5.32 Å². The van der Waals surface area contributed by atoms with Gasteiger partial charge in [-0.2, -0.15) is 0 Å². The lowest BCUT2D eigenvalue weighted by Crippen LogP contribution is -2.53. The summed E-state index contributed by atoms with van der Waals surface area (Å²) in [6.45, 7) is 0.805. The molecule has 1 atom stereocenters. The van der Waals surface area contributed by atoms with Crippen LogP contribution in [-0.4, -0.2) is 19.1 Å². The van der Waals surface area contributed by atoms with E-state index in [0.29, 0.717) is 6.61 Å². The van der Waals surface area contributed by atoms with Gasteiger partial charge < -0.3 is 10.1 Å². The topological polar surface area (TPSA) is 38.3 Å². The standard InChI is InChI=1S/C12H13NO2/c14-11-7-15-8-12(13-11)6-5-9-3-1-2-4-10(9)12/h1-4H,5-8H2,(H,13,14). The van der Waals surface area contributed by atoms with Gasteiger partial charge in [0.15, 0.2) is 0 Å². The lowest BCUT2D eigenvalue weighted by Gasteiger charge is -2.35. The van der Waals surface area contributed by atoms with Crippen molar-refractivity contribution in [2.45, 2.75) is 18.4 Å². The summed E-state index contributed by atoms with van der Waals surface area (Å²) in [4.78, 5) is 11.4. The van der Waals surface area contributed by atoms with Crippen LogP contribution in [0.5, 0.6) is 0 Å². The molecule has 1 spiro atoms. The van der Waals surface area contributed by atoms with Gasteiger partial charge in [-0.15, -0.1) is 0 Å². The number of ether oxygens (including phenoxy) is 1. The first-order valence-corrected chi connectivity index (χ1v) is 5.27. The monoisotopic (exact) mass is 203 g/mol. The van der Waals surface area contributed by atoms with E-state index in [9.17, 15) is 4.79 Å². The van der Waals surface area contributed by atoms with Crippen LogP contribution >= 0.6 is 0 Å². The Kier molecular flexibility index (Phi) is 1.83. The van der Waals surface area contributed by atoms with Crippen molar-refractivity contribution in [3.8, 4) is 0 Å². The van der Waals surface area contributed by atoms with Crippen LogP contribution in [0.15, 0.2) is 24.3 Å². The summed E-state index contributed by atoms with van der Waals surface area (Å²) in [6.07, 6.45) is 1.98. The maximum Gasteiger partial charge on any atom is 0.246 e. The normalized spacial score (nSPS) is 28.9. The van der Waals surface area contributed by atoms with E-state index in [4.69, 9.17) is 4.74 Å². The molecule has 0 aromatic heterocycles. The van der Waals surface area contributed by atoms with Crippen molar-refractivity contribution in [3.05, 3.63) is 35.4 Å². The van der Waals surface area contributed by atoms with Crippen molar-refractivity contribution in [2.75, 3.05) is 13.2 Å². The maximum atomic E-state index is 11.4. The number of nitrogens with one attached hydrogen (secondary N) is 1. The highest BCUT2D eigenvalue weighted by Crippen LogP contribution is 2.38. The molecule has 3 heteroatoms. The van der Waals surface area contributed by atoms with Crippen LogP contribution in [0.2, 0.25) is 0 Å². The fourth-order valence-corrected chi connectivity index (χ4v) is 2.62. The van der Waals surface area contributed by atoms with Crippen LogP contribution in [0.3, 0.4) is 0 Å². The van der Waals surface area contributed by atoms with Crippen LogP contribution in [-0.2, 0) is 21.5 Å². The largest absolute Gasteiger partial charge is 0.369 e. The Morgan fingerprint density at radius 2 is 2.20 bits per heavy atom. The number of carbonyl (C=O) groups is 1. The molecule has 1 aromatic carbocycles. The Bertz CT molecular complexity index is 412. The van der Waals surface area contributed by atoms with E-state index in [1.54, 1.807) is 0 Å². The molecule has 15 heavy (non-hydrogen) atoms. The van der Waals surface area contributed by atoms with Crippen molar-refractivity contribution in [3.63, 3.8) is 0 Å². The van der Waals surface area contributed by atoms with E-state index in [-0.39, 0.29) is 18.1 Å². The van der Waals surface area contributed by atoms with Crippen molar-refractivity contribution in [1.29, 1.82) is 0 Å². The first kappa shape index (κ1) is 8.92. The number of fused-ring (bicyclic) bond motifs is 2. The number of morpholine rings is 1. The third-order valence-electron chi connectivity index (χ3n) is 3.31. The lowest BCUT2D eigenvalue weighted by molar-refractivity contribution is -0.135. The van der Waals surface area contributed by atoms with Crippen LogP contribution in [0.25, 0.3) is 0 Å². The van der Waals surface area contributed by atoms with E-state index >= 15 is 0 Å². The molecule has 2 aliphatic rings. The highest BCUT2D eigenvalue weighted by molar-refractivity contribution is 5.79. The Morgan fingerprint density at radius 1 is 1.33 bits per heavy atom. The Labute approximate surface area is 88.4 Å². The first-order chi connectivity index (χ1) is 7.30. The average Bonchev–Trinajstić information content (AvgIpc) is 2.59. The molecule has 3 nitrogen and oxygen atoms in total. The zero-order valence-corrected chi connectivity index (χ0v) is 8.45. The van der Waals surface area contributed by atoms with Gasteiger partial charge >= 0.3 is 0 Å². The lowest BCUT2D eigenvalue weighted by atomic mass is 9.92. The summed E-state index contributed by atoms with van der Waals surface area (Å²) in [5.41, 5.74) is 2.33. The van der Waals surface area contributed by atoms with E-state index < -0.39 is 0 Å². The summed E-state index contributed by atoms with van der Waals surface area (Å²) in [5, 5.41) is 3.08. The highest BCUT2D eigenvalue weighted by atomic mass is 16.5. The number of amides is 1. The quantitative estimate of drug-likeness (QED) is 0.682. The molecule has 1 aliphatic heterocycles. The molecular weight excluding hydrogens is 190 g/mol. The van der Waals surface area contributed by atoms with Crippen LogP contribution in [0.4, 0.5) is 0 Å². The van der Waals surface area contributed by atoms with Crippen molar-refractivity contribution in [1.82, 2.24) is 5.32 Å². The van der Waals surface area contributed by atoms with E-state index in [1.165, 1.54) is 11.1 Å². The van der Waals surface area contributed by atoms with Gasteiger partial charge in [0.05, 0.1) is 12.1 Å². The minimum atomic E-state index is -0.244. The van der Waals surface area contributed by atoms with E-state index in [2.05, 4.69) is 17.4 Å². The number of aryl methyl sites for hydroxylation is 1. The van der Waals surface area contributed by atoms with Crippen molar-refractivity contribution >= 4 is 5.91 Å². The zero-order valence-electron chi connectivity index (χ0n) is 8.45. The average molecular weight is 203 g/mol. The van der Waals surface area contributed by atoms with Gasteiger partial charge in [0.2, 0.25) is 5.91 Å². The van der Waals surface area contributed by atoms with E-state index in [0.717, 1.165) is 12.8 Å². The molecule has 1 aromatic rings. The van der Waals surface area contributed by atoms with Crippen molar-refractivity contribution in [2.24, 2.45) is 0 Å². The molecule has 0 radical (unpaired) electrons. The SMILES string of the molecule is O=C1COCC2(CCc3ccccc32)N1. The summed E-state index contributed by atoms with van der Waals surface area (Å²) in [7, 11) is 0. The van der Waals surface area contributed by atoms with Crippen LogP contribution in [0, 0.1) is 0 Å². The van der Waals surface area contributed by atoms with Gasteiger partial charge in [0, 0.05) is 0 Å². The number of hydrogen-bond donors (Lipinski definition) is 1. The fourth-order valence-electron chi connectivity index (χ4n) is 2.62.